The van der Waals surface area contributed by atoms with Gasteiger partial charge in [0.2, 0.25) is 5.88 Å². The number of allylic oxidation sites excluding steroid dienone is 2. The standard InChI is InChI=1S/C19H14F3N9O2/c1-33-15-7-13(2-3-24-15)30-16(19(20,21)22)14(10-28-30)18(32)29-12-6-11(8-23)17(25-9-12)31-26-4-5-27-31/h2-7,10,25H,9H2,1H3,(H,29,32). The second-order valence-electron chi connectivity index (χ2n) is 6.54. The number of alkyl halides is 3. The summed E-state index contributed by atoms with van der Waals surface area (Å²) in [5, 5.41) is 26.3. The fourth-order valence-electron chi connectivity index (χ4n) is 3.08. The molecule has 3 aromatic heterocycles. The lowest BCUT2D eigenvalue weighted by molar-refractivity contribution is -0.143. The number of pyridine rings is 1. The Kier molecular flexibility index (Phi) is 5.53. The van der Waals surface area contributed by atoms with E-state index in [4.69, 9.17) is 4.74 Å². The van der Waals surface area contributed by atoms with Gasteiger partial charge in [-0.1, -0.05) is 0 Å². The van der Waals surface area contributed by atoms with Crippen molar-refractivity contribution in [2.75, 3.05) is 13.7 Å². The Morgan fingerprint density at radius 3 is 2.70 bits per heavy atom. The highest BCUT2D eigenvalue weighted by molar-refractivity contribution is 5.96. The average molecular weight is 457 g/mol. The fourth-order valence-corrected chi connectivity index (χ4v) is 3.08. The molecule has 0 atom stereocenters. The van der Waals surface area contributed by atoms with Gasteiger partial charge in [0.1, 0.15) is 6.07 Å². The van der Waals surface area contributed by atoms with E-state index < -0.39 is 23.3 Å². The Labute approximate surface area is 183 Å². The minimum Gasteiger partial charge on any atom is -0.481 e. The first-order valence-electron chi connectivity index (χ1n) is 9.24. The number of methoxy groups -OCH3 is 1. The SMILES string of the molecule is COc1cc(-n2ncc(C(=O)NC3=CC(C#N)=C(n4nccn4)NC3)c2C(F)(F)F)ccn1. The molecule has 4 rings (SSSR count). The van der Waals surface area contributed by atoms with Gasteiger partial charge in [-0.15, -0.1) is 4.80 Å². The molecular weight excluding hydrogens is 443 g/mol. The van der Waals surface area contributed by atoms with Crippen molar-refractivity contribution in [2.45, 2.75) is 6.18 Å². The molecule has 2 N–H and O–H groups in total. The van der Waals surface area contributed by atoms with Crippen molar-refractivity contribution in [3.05, 3.63) is 65.5 Å². The van der Waals surface area contributed by atoms with Crippen molar-refractivity contribution in [1.29, 1.82) is 5.26 Å². The first-order chi connectivity index (χ1) is 15.8. The number of nitriles is 1. The molecule has 0 unspecified atom stereocenters. The number of nitrogens with zero attached hydrogens (tertiary/aromatic N) is 7. The quantitative estimate of drug-likeness (QED) is 0.588. The van der Waals surface area contributed by atoms with E-state index >= 15 is 0 Å². The van der Waals surface area contributed by atoms with Crippen LogP contribution in [0, 0.1) is 11.3 Å². The van der Waals surface area contributed by atoms with Gasteiger partial charge in [0, 0.05) is 18.0 Å². The Morgan fingerprint density at radius 2 is 2.03 bits per heavy atom. The zero-order valence-electron chi connectivity index (χ0n) is 16.8. The molecule has 33 heavy (non-hydrogen) atoms. The fraction of sp³-hybridized carbons (Fsp3) is 0.158. The number of hydrogen-bond donors (Lipinski definition) is 2. The number of carbonyl (C=O) groups is 1. The average Bonchev–Trinajstić information content (AvgIpc) is 3.49. The normalized spacial score (nSPS) is 13.7. The van der Waals surface area contributed by atoms with Crippen LogP contribution in [0.25, 0.3) is 11.5 Å². The van der Waals surface area contributed by atoms with Crippen LogP contribution in [0.15, 0.2) is 54.3 Å². The van der Waals surface area contributed by atoms with Crippen LogP contribution in [0.4, 0.5) is 13.2 Å². The second kappa shape index (κ2) is 8.46. The third-order valence-electron chi connectivity index (χ3n) is 4.49. The Balaban J connectivity index is 1.67. The van der Waals surface area contributed by atoms with Crippen LogP contribution in [0.2, 0.25) is 0 Å². The molecule has 0 saturated heterocycles. The summed E-state index contributed by atoms with van der Waals surface area (Å²) < 4.78 is 47.2. The summed E-state index contributed by atoms with van der Waals surface area (Å²) in [5.74, 6) is -0.685. The molecule has 0 saturated carbocycles. The van der Waals surface area contributed by atoms with Gasteiger partial charge < -0.3 is 15.4 Å². The molecule has 0 radical (unpaired) electrons. The third-order valence-corrected chi connectivity index (χ3v) is 4.49. The minimum atomic E-state index is -4.89. The Bertz CT molecular complexity index is 1300. The van der Waals surface area contributed by atoms with Gasteiger partial charge in [-0.3, -0.25) is 4.79 Å². The maximum Gasteiger partial charge on any atom is 0.434 e. The van der Waals surface area contributed by atoms with Crippen molar-refractivity contribution >= 4 is 11.7 Å². The van der Waals surface area contributed by atoms with Crippen molar-refractivity contribution < 1.29 is 22.7 Å². The number of nitrogens with one attached hydrogen (secondary N) is 2. The van der Waals surface area contributed by atoms with E-state index in [0.717, 1.165) is 6.20 Å². The van der Waals surface area contributed by atoms with Gasteiger partial charge >= 0.3 is 6.18 Å². The first-order valence-corrected chi connectivity index (χ1v) is 9.24. The van der Waals surface area contributed by atoms with Gasteiger partial charge in [-0.2, -0.15) is 33.7 Å². The highest BCUT2D eigenvalue weighted by Crippen LogP contribution is 2.34. The maximum atomic E-state index is 13.9. The van der Waals surface area contributed by atoms with E-state index in [9.17, 15) is 23.2 Å². The van der Waals surface area contributed by atoms with Crippen molar-refractivity contribution in [3.8, 4) is 17.6 Å². The summed E-state index contributed by atoms with van der Waals surface area (Å²) in [6, 6.07) is 4.49. The Hall–Kier alpha value is -4.67. The predicted octanol–water partition coefficient (Wildman–Crippen LogP) is 1.50. The predicted molar refractivity (Wildman–Crippen MR) is 105 cm³/mol. The number of dihydropyridines is 1. The number of ether oxygens (including phenoxy) is 1. The molecule has 0 bridgehead atoms. The summed E-state index contributed by atoms with van der Waals surface area (Å²) in [7, 11) is 1.32. The first kappa shape index (κ1) is 21.6. The van der Waals surface area contributed by atoms with Crippen LogP contribution in [0.5, 0.6) is 5.88 Å². The number of amides is 1. The van der Waals surface area contributed by atoms with Crippen LogP contribution >= 0.6 is 0 Å². The molecule has 14 heteroatoms. The molecule has 0 aromatic carbocycles. The summed E-state index contributed by atoms with van der Waals surface area (Å²) >= 11 is 0. The van der Waals surface area contributed by atoms with Crippen LogP contribution in [0.3, 0.4) is 0 Å². The van der Waals surface area contributed by atoms with Crippen LogP contribution in [-0.4, -0.2) is 49.3 Å². The summed E-state index contributed by atoms with van der Waals surface area (Å²) in [4.78, 5) is 17.8. The zero-order chi connectivity index (χ0) is 23.6. The van der Waals surface area contributed by atoms with Crippen molar-refractivity contribution in [2.24, 2.45) is 0 Å². The number of hydrogen-bond acceptors (Lipinski definition) is 8. The highest BCUT2D eigenvalue weighted by Gasteiger charge is 2.40. The van der Waals surface area contributed by atoms with Crippen LogP contribution in [-0.2, 0) is 6.18 Å². The van der Waals surface area contributed by atoms with Crippen LogP contribution in [0.1, 0.15) is 16.1 Å². The van der Waals surface area contributed by atoms with E-state index in [1.54, 1.807) is 0 Å². The Morgan fingerprint density at radius 1 is 1.27 bits per heavy atom. The number of carbonyl (C=O) groups excluding carboxylic acids is 1. The van der Waals surface area contributed by atoms with E-state index in [0.29, 0.717) is 4.68 Å². The van der Waals surface area contributed by atoms with Crippen molar-refractivity contribution in [1.82, 2.24) is 40.4 Å². The lowest BCUT2D eigenvalue weighted by atomic mass is 10.1. The lowest BCUT2D eigenvalue weighted by Gasteiger charge is -2.19. The number of halogens is 3. The van der Waals surface area contributed by atoms with Gasteiger partial charge in [0.05, 0.1) is 49.1 Å². The largest absolute Gasteiger partial charge is 0.481 e. The lowest BCUT2D eigenvalue weighted by Crippen LogP contribution is -2.34. The van der Waals surface area contributed by atoms with E-state index in [1.807, 2.05) is 6.07 Å². The highest BCUT2D eigenvalue weighted by atomic mass is 19.4. The van der Waals surface area contributed by atoms with E-state index in [1.165, 1.54) is 48.7 Å². The van der Waals surface area contributed by atoms with Crippen LogP contribution < -0.4 is 15.4 Å². The molecular formula is C19H14F3N9O2. The van der Waals surface area contributed by atoms with E-state index in [2.05, 4.69) is 30.9 Å². The molecule has 0 fully saturated rings. The molecule has 1 amide bonds. The third kappa shape index (κ3) is 4.24. The summed E-state index contributed by atoms with van der Waals surface area (Å²) in [6.45, 7) is 0.0187. The summed E-state index contributed by atoms with van der Waals surface area (Å²) in [6.07, 6.45) is 1.35. The molecule has 0 spiro atoms. The molecule has 3 aromatic rings. The van der Waals surface area contributed by atoms with Gasteiger partial charge in [-0.05, 0) is 12.1 Å². The zero-order valence-corrected chi connectivity index (χ0v) is 16.8. The molecule has 0 aliphatic carbocycles. The smallest absolute Gasteiger partial charge is 0.434 e. The molecule has 11 nitrogen and oxygen atoms in total. The summed E-state index contributed by atoms with van der Waals surface area (Å²) in [5.41, 5.74) is -1.68. The van der Waals surface area contributed by atoms with Gasteiger partial charge in [0.15, 0.2) is 11.5 Å². The van der Waals surface area contributed by atoms with Crippen molar-refractivity contribution in [3.63, 3.8) is 0 Å². The topological polar surface area (TPSA) is 136 Å². The molecule has 1 aliphatic rings. The van der Waals surface area contributed by atoms with Gasteiger partial charge in [0.25, 0.3) is 5.91 Å². The number of rotatable bonds is 5. The minimum absolute atomic E-state index is 0.0119. The molecule has 168 valence electrons. The molecule has 1 aliphatic heterocycles. The van der Waals surface area contributed by atoms with Gasteiger partial charge in [-0.25, -0.2) is 9.67 Å². The second-order valence-corrected chi connectivity index (χ2v) is 6.54. The number of aromatic nitrogens is 6. The van der Waals surface area contributed by atoms with E-state index in [-0.39, 0.29) is 35.2 Å². The monoisotopic (exact) mass is 457 g/mol. The maximum absolute atomic E-state index is 13.9. The molecule has 4 heterocycles.